The Morgan fingerprint density at radius 1 is 0.846 bits per heavy atom. The Bertz CT molecular complexity index is 1080. The molecule has 1 atom stereocenters. The largest absolute Gasteiger partial charge is 0.299 e. The van der Waals surface area contributed by atoms with Crippen molar-refractivity contribution in [2.75, 3.05) is 4.72 Å². The summed E-state index contributed by atoms with van der Waals surface area (Å²) in [5.74, 6) is 0. The van der Waals surface area contributed by atoms with Crippen molar-refractivity contribution >= 4 is 27.6 Å². The van der Waals surface area contributed by atoms with Crippen molar-refractivity contribution in [1.82, 2.24) is 4.98 Å². The van der Waals surface area contributed by atoms with Crippen LogP contribution in [0.3, 0.4) is 0 Å². The van der Waals surface area contributed by atoms with E-state index in [2.05, 4.69) is 21.8 Å². The second-order valence-electron chi connectivity index (χ2n) is 6.11. The van der Waals surface area contributed by atoms with E-state index in [1.54, 1.807) is 6.20 Å². The fraction of sp³-hybridized carbons (Fsp3) is 0.0455. The molecule has 4 rings (SSSR count). The fourth-order valence-electron chi connectivity index (χ4n) is 2.95. The lowest BCUT2D eigenvalue weighted by atomic mass is 10.00. The van der Waals surface area contributed by atoms with Gasteiger partial charge in [-0.2, -0.15) is 0 Å². The molecule has 1 aromatic heterocycles. The number of hydrogen-bond acceptors (Lipinski definition) is 2. The van der Waals surface area contributed by atoms with Crippen LogP contribution < -0.4 is 4.72 Å². The first-order valence-corrected chi connectivity index (χ1v) is 9.55. The predicted octanol–water partition coefficient (Wildman–Crippen LogP) is 5.34. The second kappa shape index (κ2) is 7.10. The quantitative estimate of drug-likeness (QED) is 0.535. The smallest absolute Gasteiger partial charge is 0.150 e. The molecule has 0 saturated carbocycles. The van der Waals surface area contributed by atoms with E-state index >= 15 is 0 Å². The van der Waals surface area contributed by atoms with Gasteiger partial charge >= 0.3 is 0 Å². The molecule has 3 nitrogen and oxygen atoms in total. The van der Waals surface area contributed by atoms with Crippen molar-refractivity contribution in [2.45, 2.75) is 11.8 Å². The molecule has 0 aliphatic carbocycles. The zero-order chi connectivity index (χ0) is 17.9. The van der Waals surface area contributed by atoms with Gasteiger partial charge in [0.1, 0.15) is 11.0 Å². The second-order valence-corrected chi connectivity index (χ2v) is 7.32. The van der Waals surface area contributed by atoms with Crippen molar-refractivity contribution < 1.29 is 4.21 Å². The summed E-state index contributed by atoms with van der Waals surface area (Å²) >= 11 is 0. The average Bonchev–Trinajstić information content (AvgIpc) is 2.69. The lowest BCUT2D eigenvalue weighted by molar-refractivity contribution is 0.686. The maximum Gasteiger partial charge on any atom is 0.150 e. The van der Waals surface area contributed by atoms with Crippen LogP contribution in [0.1, 0.15) is 5.56 Å². The number of anilines is 1. The van der Waals surface area contributed by atoms with E-state index in [4.69, 9.17) is 0 Å². The van der Waals surface area contributed by atoms with Gasteiger partial charge in [0.2, 0.25) is 0 Å². The number of fused-ring (bicyclic) bond motifs is 1. The normalized spacial score (nSPS) is 12.0. The highest BCUT2D eigenvalue weighted by atomic mass is 32.2. The first kappa shape index (κ1) is 16.5. The maximum absolute atomic E-state index is 12.7. The molecule has 26 heavy (non-hydrogen) atoms. The van der Waals surface area contributed by atoms with Gasteiger partial charge in [-0.25, -0.2) is 4.21 Å². The van der Waals surface area contributed by atoms with Crippen LogP contribution in [0.15, 0.2) is 90.0 Å². The molecular formula is C22H18N2OS. The van der Waals surface area contributed by atoms with Crippen molar-refractivity contribution in [3.8, 4) is 11.1 Å². The van der Waals surface area contributed by atoms with Crippen LogP contribution in [0.25, 0.3) is 22.0 Å². The molecule has 1 unspecified atom stereocenters. The molecule has 0 bridgehead atoms. The Balaban J connectivity index is 1.75. The van der Waals surface area contributed by atoms with E-state index in [1.807, 2.05) is 73.7 Å². The molecule has 1 heterocycles. The van der Waals surface area contributed by atoms with E-state index < -0.39 is 11.0 Å². The SMILES string of the molecule is Cc1ccc(S(=O)Nc2ccc(-c3ccccc3)c3cccnc23)cc1. The molecule has 4 heteroatoms. The summed E-state index contributed by atoms with van der Waals surface area (Å²) in [6.45, 7) is 2.01. The summed E-state index contributed by atoms with van der Waals surface area (Å²) in [5.41, 5.74) is 4.97. The fourth-order valence-corrected chi connectivity index (χ4v) is 3.81. The van der Waals surface area contributed by atoms with Gasteiger partial charge in [-0.3, -0.25) is 9.71 Å². The highest BCUT2D eigenvalue weighted by Gasteiger charge is 2.11. The van der Waals surface area contributed by atoms with Crippen LogP contribution >= 0.6 is 0 Å². The molecule has 0 aliphatic heterocycles. The lowest BCUT2D eigenvalue weighted by Gasteiger charge is -2.12. The summed E-state index contributed by atoms with van der Waals surface area (Å²) in [6, 6.07) is 25.9. The van der Waals surface area contributed by atoms with Gasteiger partial charge in [-0.15, -0.1) is 0 Å². The Morgan fingerprint density at radius 2 is 1.62 bits per heavy atom. The summed E-state index contributed by atoms with van der Waals surface area (Å²) in [7, 11) is -1.34. The molecule has 0 radical (unpaired) electrons. The number of nitrogens with zero attached hydrogens (tertiary/aromatic N) is 1. The van der Waals surface area contributed by atoms with E-state index in [9.17, 15) is 4.21 Å². The van der Waals surface area contributed by atoms with Crippen LogP contribution in [0, 0.1) is 6.92 Å². The molecule has 4 aromatic rings. The Labute approximate surface area is 155 Å². The molecule has 0 saturated heterocycles. The van der Waals surface area contributed by atoms with Crippen molar-refractivity contribution in [3.63, 3.8) is 0 Å². The molecule has 0 aliphatic rings. The molecule has 1 N–H and O–H groups in total. The predicted molar refractivity (Wildman–Crippen MR) is 108 cm³/mol. The summed E-state index contributed by atoms with van der Waals surface area (Å²) in [6.07, 6.45) is 1.76. The van der Waals surface area contributed by atoms with Crippen LogP contribution in [-0.4, -0.2) is 9.19 Å². The summed E-state index contributed by atoms with van der Waals surface area (Å²) < 4.78 is 15.8. The van der Waals surface area contributed by atoms with Gasteiger partial charge < -0.3 is 0 Å². The van der Waals surface area contributed by atoms with Gasteiger partial charge in [0, 0.05) is 11.6 Å². The molecular weight excluding hydrogens is 340 g/mol. The molecule has 0 amide bonds. The van der Waals surface area contributed by atoms with Gasteiger partial charge in [0.25, 0.3) is 0 Å². The van der Waals surface area contributed by atoms with E-state index in [1.165, 1.54) is 0 Å². The topological polar surface area (TPSA) is 42.0 Å². The number of aryl methyl sites for hydroxylation is 1. The Hall–Kier alpha value is -2.98. The van der Waals surface area contributed by atoms with E-state index in [0.717, 1.165) is 38.2 Å². The third-order valence-electron chi connectivity index (χ3n) is 4.29. The van der Waals surface area contributed by atoms with Crippen LogP contribution in [0.5, 0.6) is 0 Å². The molecule has 128 valence electrons. The van der Waals surface area contributed by atoms with E-state index in [0.29, 0.717) is 0 Å². The third-order valence-corrected chi connectivity index (χ3v) is 5.40. The van der Waals surface area contributed by atoms with Gasteiger partial charge in [-0.1, -0.05) is 60.2 Å². The number of nitrogens with one attached hydrogen (secondary N) is 1. The minimum Gasteiger partial charge on any atom is -0.299 e. The minimum absolute atomic E-state index is 0.742. The number of aromatic nitrogens is 1. The lowest BCUT2D eigenvalue weighted by Crippen LogP contribution is -2.05. The van der Waals surface area contributed by atoms with Gasteiger partial charge in [-0.05, 0) is 42.3 Å². The van der Waals surface area contributed by atoms with Gasteiger partial charge in [0.15, 0.2) is 0 Å². The van der Waals surface area contributed by atoms with Crippen LogP contribution in [0.4, 0.5) is 5.69 Å². The van der Waals surface area contributed by atoms with Crippen molar-refractivity contribution in [2.24, 2.45) is 0 Å². The first-order chi connectivity index (χ1) is 12.7. The zero-order valence-electron chi connectivity index (χ0n) is 14.3. The Morgan fingerprint density at radius 3 is 2.38 bits per heavy atom. The first-order valence-electron chi connectivity index (χ1n) is 8.40. The average molecular weight is 358 g/mol. The molecule has 0 fully saturated rings. The molecule has 3 aromatic carbocycles. The monoisotopic (exact) mass is 358 g/mol. The Kier molecular flexibility index (Phi) is 4.50. The minimum atomic E-state index is -1.34. The van der Waals surface area contributed by atoms with Crippen molar-refractivity contribution in [3.05, 3.63) is 90.6 Å². The van der Waals surface area contributed by atoms with Crippen LogP contribution in [0.2, 0.25) is 0 Å². The van der Waals surface area contributed by atoms with Gasteiger partial charge in [0.05, 0.1) is 16.1 Å². The van der Waals surface area contributed by atoms with Crippen molar-refractivity contribution in [1.29, 1.82) is 0 Å². The summed E-state index contributed by atoms with van der Waals surface area (Å²) in [4.78, 5) is 5.27. The van der Waals surface area contributed by atoms with Crippen LogP contribution in [-0.2, 0) is 11.0 Å². The number of hydrogen-bond donors (Lipinski definition) is 1. The maximum atomic E-state index is 12.7. The molecule has 0 spiro atoms. The van der Waals surface area contributed by atoms with E-state index in [-0.39, 0.29) is 0 Å². The number of rotatable bonds is 4. The number of pyridine rings is 1. The highest BCUT2D eigenvalue weighted by Crippen LogP contribution is 2.32. The highest BCUT2D eigenvalue weighted by molar-refractivity contribution is 7.86. The summed E-state index contributed by atoms with van der Waals surface area (Å²) in [5, 5.41) is 1.03. The standard InChI is InChI=1S/C22H18N2OS/c1-16-9-11-18(12-10-16)26(25)24-21-14-13-19(17-6-3-2-4-7-17)20-8-5-15-23-22(20)21/h2-15,24H,1H3. The number of benzene rings is 3. The third kappa shape index (κ3) is 3.24. The zero-order valence-corrected chi connectivity index (χ0v) is 15.2.